The lowest BCUT2D eigenvalue weighted by molar-refractivity contribution is 0.0948. The quantitative estimate of drug-likeness (QED) is 0.941. The van der Waals surface area contributed by atoms with Gasteiger partial charge in [0.05, 0.1) is 12.8 Å². The number of rotatable bonds is 3. The first-order valence-corrected chi connectivity index (χ1v) is 7.08. The largest absolute Gasteiger partial charge is 0.497 e. The number of aryl methyl sites for hydroxylation is 1. The Morgan fingerprint density at radius 2 is 1.90 bits per heavy atom. The summed E-state index contributed by atoms with van der Waals surface area (Å²) in [5.41, 5.74) is 5.97. The smallest absolute Gasteiger partial charge is 0.269 e. The number of hydrogen-bond donors (Lipinski definition) is 1. The monoisotopic (exact) mass is 282 g/mol. The van der Waals surface area contributed by atoms with Crippen molar-refractivity contribution in [3.63, 3.8) is 0 Å². The van der Waals surface area contributed by atoms with Gasteiger partial charge in [0, 0.05) is 12.1 Å². The fourth-order valence-electron chi connectivity index (χ4n) is 2.58. The van der Waals surface area contributed by atoms with Crippen molar-refractivity contribution in [3.8, 4) is 5.75 Å². The van der Waals surface area contributed by atoms with E-state index in [1.807, 2.05) is 23.2 Å². The molecule has 0 fully saturated rings. The summed E-state index contributed by atoms with van der Waals surface area (Å²) in [6.07, 6.45) is 2.10. The highest BCUT2D eigenvalue weighted by atomic mass is 16.5. The highest BCUT2D eigenvalue weighted by Crippen LogP contribution is 2.25. The van der Waals surface area contributed by atoms with Gasteiger partial charge in [-0.15, -0.1) is 0 Å². The van der Waals surface area contributed by atoms with E-state index in [1.165, 1.54) is 5.56 Å². The molecule has 1 N–H and O–H groups in total. The van der Waals surface area contributed by atoms with Crippen LogP contribution in [0.2, 0.25) is 0 Å². The summed E-state index contributed by atoms with van der Waals surface area (Å²) in [4.78, 5) is 12.3. The van der Waals surface area contributed by atoms with E-state index in [9.17, 15) is 4.79 Å². The van der Waals surface area contributed by atoms with E-state index >= 15 is 0 Å². The number of para-hydroxylation sites is 1. The Bertz CT molecular complexity index is 637. The molecule has 2 aromatic carbocycles. The van der Waals surface area contributed by atoms with Crippen molar-refractivity contribution in [2.45, 2.75) is 12.8 Å². The van der Waals surface area contributed by atoms with Crippen molar-refractivity contribution in [3.05, 3.63) is 59.7 Å². The predicted octanol–water partition coefficient (Wildman–Crippen LogP) is 2.79. The fraction of sp³-hybridized carbons (Fsp3) is 0.235. The Morgan fingerprint density at radius 1 is 1.14 bits per heavy atom. The maximum atomic E-state index is 12.3. The molecule has 0 atom stereocenters. The van der Waals surface area contributed by atoms with Crippen LogP contribution in [0.1, 0.15) is 22.3 Å². The summed E-state index contributed by atoms with van der Waals surface area (Å²) in [5.74, 6) is 0.643. The summed E-state index contributed by atoms with van der Waals surface area (Å²) in [6.45, 7) is 0.832. The van der Waals surface area contributed by atoms with Crippen LogP contribution in [0.5, 0.6) is 5.75 Å². The van der Waals surface area contributed by atoms with Crippen LogP contribution in [0.15, 0.2) is 48.5 Å². The molecule has 0 bridgehead atoms. The second-order valence-corrected chi connectivity index (χ2v) is 5.05. The maximum Gasteiger partial charge on any atom is 0.269 e. The summed E-state index contributed by atoms with van der Waals surface area (Å²) in [7, 11) is 1.61. The second kappa shape index (κ2) is 5.87. The van der Waals surface area contributed by atoms with Crippen LogP contribution in [0.25, 0.3) is 0 Å². The maximum absolute atomic E-state index is 12.3. The molecule has 0 saturated carbocycles. The molecule has 1 amide bonds. The third-order valence-corrected chi connectivity index (χ3v) is 3.70. The van der Waals surface area contributed by atoms with Crippen molar-refractivity contribution in [2.24, 2.45) is 0 Å². The van der Waals surface area contributed by atoms with Crippen LogP contribution in [0.3, 0.4) is 0 Å². The molecule has 0 radical (unpaired) electrons. The zero-order valence-electron chi connectivity index (χ0n) is 12.0. The van der Waals surface area contributed by atoms with Gasteiger partial charge in [0.15, 0.2) is 0 Å². The third kappa shape index (κ3) is 2.84. The Kier molecular flexibility index (Phi) is 3.77. The van der Waals surface area contributed by atoms with Gasteiger partial charge in [-0.2, -0.15) is 0 Å². The summed E-state index contributed by atoms with van der Waals surface area (Å²) in [6, 6.07) is 15.3. The van der Waals surface area contributed by atoms with E-state index in [4.69, 9.17) is 4.74 Å². The minimum atomic E-state index is -0.102. The molecule has 3 rings (SSSR count). The lowest BCUT2D eigenvalue weighted by atomic mass is 10.0. The van der Waals surface area contributed by atoms with Gasteiger partial charge in [0.2, 0.25) is 0 Å². The lowest BCUT2D eigenvalue weighted by Gasteiger charge is -2.31. The zero-order chi connectivity index (χ0) is 14.7. The predicted molar refractivity (Wildman–Crippen MR) is 82.6 cm³/mol. The van der Waals surface area contributed by atoms with Gasteiger partial charge in [-0.1, -0.05) is 18.2 Å². The Hall–Kier alpha value is -2.49. The van der Waals surface area contributed by atoms with Crippen molar-refractivity contribution < 1.29 is 9.53 Å². The van der Waals surface area contributed by atoms with Crippen molar-refractivity contribution in [2.75, 3.05) is 18.7 Å². The molecule has 4 heteroatoms. The number of ether oxygens (including phenoxy) is 1. The minimum absolute atomic E-state index is 0.102. The molecule has 21 heavy (non-hydrogen) atoms. The zero-order valence-corrected chi connectivity index (χ0v) is 12.0. The van der Waals surface area contributed by atoms with Crippen molar-refractivity contribution >= 4 is 11.6 Å². The van der Waals surface area contributed by atoms with E-state index in [-0.39, 0.29) is 5.91 Å². The number of hydrogen-bond acceptors (Lipinski definition) is 3. The number of anilines is 1. The minimum Gasteiger partial charge on any atom is -0.497 e. The number of carbonyl (C=O) groups is 1. The lowest BCUT2D eigenvalue weighted by Crippen LogP contribution is -2.45. The number of fused-ring (bicyclic) bond motifs is 1. The average molecular weight is 282 g/mol. The molecular weight excluding hydrogens is 264 g/mol. The molecule has 2 aromatic rings. The SMILES string of the molecule is COc1ccc(C(=O)NN2CCCc3ccccc32)cc1. The highest BCUT2D eigenvalue weighted by Gasteiger charge is 2.18. The molecule has 108 valence electrons. The van der Waals surface area contributed by atoms with Crippen molar-refractivity contribution in [1.29, 1.82) is 0 Å². The van der Waals surface area contributed by atoms with Crippen LogP contribution in [0, 0.1) is 0 Å². The molecular formula is C17H18N2O2. The van der Waals surface area contributed by atoms with E-state index in [0.29, 0.717) is 5.56 Å². The molecule has 0 spiro atoms. The summed E-state index contributed by atoms with van der Waals surface area (Å²) < 4.78 is 5.10. The van der Waals surface area contributed by atoms with Gasteiger partial charge in [-0.3, -0.25) is 15.2 Å². The molecule has 1 aliphatic rings. The van der Waals surface area contributed by atoms with E-state index in [2.05, 4.69) is 11.5 Å². The molecule has 0 saturated heterocycles. The number of amides is 1. The van der Waals surface area contributed by atoms with Gasteiger partial charge in [0.25, 0.3) is 5.91 Å². The standard InChI is InChI=1S/C17H18N2O2/c1-21-15-10-8-14(9-11-15)17(20)18-19-12-4-6-13-5-2-3-7-16(13)19/h2-3,5,7-11H,4,6,12H2,1H3,(H,18,20). The first kappa shape index (κ1) is 13.5. The molecule has 0 aromatic heterocycles. The van der Waals surface area contributed by atoms with E-state index in [0.717, 1.165) is 30.8 Å². The first-order valence-electron chi connectivity index (χ1n) is 7.08. The summed E-state index contributed by atoms with van der Waals surface area (Å²) in [5, 5.41) is 1.94. The van der Waals surface area contributed by atoms with E-state index < -0.39 is 0 Å². The molecule has 1 heterocycles. The third-order valence-electron chi connectivity index (χ3n) is 3.70. The topological polar surface area (TPSA) is 41.6 Å². The first-order chi connectivity index (χ1) is 10.3. The molecule has 1 aliphatic heterocycles. The van der Waals surface area contributed by atoms with E-state index in [1.54, 1.807) is 31.4 Å². The number of hydrazine groups is 1. The van der Waals surface area contributed by atoms with Gasteiger partial charge in [-0.05, 0) is 48.7 Å². The van der Waals surface area contributed by atoms with Gasteiger partial charge >= 0.3 is 0 Å². The Morgan fingerprint density at radius 3 is 2.67 bits per heavy atom. The Labute approximate surface area is 124 Å². The van der Waals surface area contributed by atoms with Crippen LogP contribution in [0.4, 0.5) is 5.69 Å². The fourth-order valence-corrected chi connectivity index (χ4v) is 2.58. The molecule has 0 unspecified atom stereocenters. The Balaban J connectivity index is 1.76. The van der Waals surface area contributed by atoms with Gasteiger partial charge < -0.3 is 4.74 Å². The van der Waals surface area contributed by atoms with Crippen LogP contribution >= 0.6 is 0 Å². The highest BCUT2D eigenvalue weighted by molar-refractivity contribution is 5.95. The van der Waals surface area contributed by atoms with Crippen LogP contribution in [-0.4, -0.2) is 19.6 Å². The average Bonchev–Trinajstić information content (AvgIpc) is 2.55. The summed E-state index contributed by atoms with van der Waals surface area (Å²) >= 11 is 0. The molecule has 4 nitrogen and oxygen atoms in total. The van der Waals surface area contributed by atoms with Crippen LogP contribution < -0.4 is 15.2 Å². The number of methoxy groups -OCH3 is 1. The van der Waals surface area contributed by atoms with Crippen LogP contribution in [-0.2, 0) is 6.42 Å². The van der Waals surface area contributed by atoms with Gasteiger partial charge in [0.1, 0.15) is 5.75 Å². The van der Waals surface area contributed by atoms with Crippen molar-refractivity contribution in [1.82, 2.24) is 5.43 Å². The van der Waals surface area contributed by atoms with Gasteiger partial charge in [-0.25, -0.2) is 0 Å². The number of benzene rings is 2. The second-order valence-electron chi connectivity index (χ2n) is 5.05. The number of nitrogens with one attached hydrogen (secondary N) is 1. The number of nitrogens with zero attached hydrogens (tertiary/aromatic N) is 1. The normalized spacial score (nSPS) is 13.5. The number of carbonyl (C=O) groups excluding carboxylic acids is 1. The molecule has 0 aliphatic carbocycles.